The Kier molecular flexibility index (Phi) is 4.67. The van der Waals surface area contributed by atoms with Gasteiger partial charge in [0.15, 0.2) is 5.82 Å². The minimum Gasteiger partial charge on any atom is -0.497 e. The molecule has 132 valence electrons. The van der Waals surface area contributed by atoms with Crippen molar-refractivity contribution in [2.45, 2.75) is 6.92 Å². The van der Waals surface area contributed by atoms with Crippen molar-refractivity contribution in [1.29, 1.82) is 0 Å². The van der Waals surface area contributed by atoms with E-state index in [1.165, 1.54) is 5.56 Å². The van der Waals surface area contributed by atoms with Gasteiger partial charge >= 0.3 is 0 Å². The van der Waals surface area contributed by atoms with Gasteiger partial charge in [-0.25, -0.2) is 9.97 Å². The van der Waals surface area contributed by atoms with E-state index in [-0.39, 0.29) is 0 Å². The monoisotopic (exact) mass is 352 g/mol. The molecular formula is C24H20N2O. The second-order valence-electron chi connectivity index (χ2n) is 6.42. The van der Waals surface area contributed by atoms with E-state index in [0.717, 1.165) is 39.7 Å². The molecule has 0 saturated heterocycles. The first kappa shape index (κ1) is 17.0. The van der Waals surface area contributed by atoms with E-state index in [0.29, 0.717) is 0 Å². The largest absolute Gasteiger partial charge is 0.497 e. The zero-order chi connectivity index (χ0) is 18.6. The fourth-order valence-corrected chi connectivity index (χ4v) is 2.95. The summed E-state index contributed by atoms with van der Waals surface area (Å²) in [7, 11) is 1.67. The van der Waals surface area contributed by atoms with Gasteiger partial charge in [-0.1, -0.05) is 60.2 Å². The third-order valence-corrected chi connectivity index (χ3v) is 4.49. The fourth-order valence-electron chi connectivity index (χ4n) is 2.95. The lowest BCUT2D eigenvalue weighted by molar-refractivity contribution is 0.415. The second kappa shape index (κ2) is 7.42. The van der Waals surface area contributed by atoms with Gasteiger partial charge in [-0.15, -0.1) is 0 Å². The van der Waals surface area contributed by atoms with E-state index in [4.69, 9.17) is 14.7 Å². The Morgan fingerprint density at radius 3 is 1.74 bits per heavy atom. The summed E-state index contributed by atoms with van der Waals surface area (Å²) in [5.41, 5.74) is 6.14. The van der Waals surface area contributed by atoms with Crippen molar-refractivity contribution in [2.75, 3.05) is 7.11 Å². The highest BCUT2D eigenvalue weighted by molar-refractivity contribution is 5.72. The second-order valence-corrected chi connectivity index (χ2v) is 6.42. The molecule has 0 fully saturated rings. The number of nitrogens with zero attached hydrogens (tertiary/aromatic N) is 2. The van der Waals surface area contributed by atoms with Gasteiger partial charge in [0.1, 0.15) is 5.75 Å². The number of hydrogen-bond donors (Lipinski definition) is 0. The van der Waals surface area contributed by atoms with Crippen LogP contribution in [0.4, 0.5) is 0 Å². The summed E-state index contributed by atoms with van der Waals surface area (Å²) in [6.45, 7) is 2.09. The quantitative estimate of drug-likeness (QED) is 0.466. The van der Waals surface area contributed by atoms with Gasteiger partial charge in [0, 0.05) is 16.7 Å². The zero-order valence-corrected chi connectivity index (χ0v) is 15.4. The van der Waals surface area contributed by atoms with E-state index >= 15 is 0 Å². The molecule has 0 atom stereocenters. The first-order valence-electron chi connectivity index (χ1n) is 8.89. The highest BCUT2D eigenvalue weighted by atomic mass is 16.5. The molecule has 0 spiro atoms. The summed E-state index contributed by atoms with van der Waals surface area (Å²) in [6, 6.07) is 28.5. The fraction of sp³-hybridized carbons (Fsp3) is 0.0833. The maximum atomic E-state index is 5.27. The van der Waals surface area contributed by atoms with E-state index in [9.17, 15) is 0 Å². The Morgan fingerprint density at radius 2 is 1.19 bits per heavy atom. The molecule has 0 radical (unpaired) electrons. The highest BCUT2D eigenvalue weighted by Gasteiger charge is 2.10. The number of ether oxygens (including phenoxy) is 1. The molecule has 1 heterocycles. The Bertz CT molecular complexity index is 1040. The predicted molar refractivity (Wildman–Crippen MR) is 110 cm³/mol. The molecule has 0 unspecified atom stereocenters. The molecule has 27 heavy (non-hydrogen) atoms. The van der Waals surface area contributed by atoms with Crippen LogP contribution >= 0.6 is 0 Å². The summed E-state index contributed by atoms with van der Waals surface area (Å²) < 4.78 is 5.27. The molecule has 0 bridgehead atoms. The van der Waals surface area contributed by atoms with E-state index < -0.39 is 0 Å². The van der Waals surface area contributed by atoms with E-state index in [1.54, 1.807) is 7.11 Å². The van der Waals surface area contributed by atoms with Gasteiger partial charge < -0.3 is 4.74 Å². The zero-order valence-electron chi connectivity index (χ0n) is 15.4. The standard InChI is InChI=1S/C24H20N2O/c1-17-8-10-18(11-9-17)22-16-23(19-12-14-21(27-2)15-13-19)26-24(25-22)20-6-4-3-5-7-20/h3-16H,1-2H3. The van der Waals surface area contributed by atoms with Crippen molar-refractivity contribution in [1.82, 2.24) is 9.97 Å². The molecule has 1 aromatic heterocycles. The summed E-state index contributed by atoms with van der Waals surface area (Å²) >= 11 is 0. The number of methoxy groups -OCH3 is 1. The molecule has 0 N–H and O–H groups in total. The summed E-state index contributed by atoms with van der Waals surface area (Å²) in [5, 5.41) is 0. The van der Waals surface area contributed by atoms with Crippen LogP contribution in [0.25, 0.3) is 33.9 Å². The summed E-state index contributed by atoms with van der Waals surface area (Å²) in [6.07, 6.45) is 0. The van der Waals surface area contributed by atoms with Gasteiger partial charge in [0.05, 0.1) is 18.5 Å². The van der Waals surface area contributed by atoms with Crippen LogP contribution in [0.3, 0.4) is 0 Å². The summed E-state index contributed by atoms with van der Waals surface area (Å²) in [5.74, 6) is 1.55. The Labute approximate surface area is 159 Å². The van der Waals surface area contributed by atoms with Crippen molar-refractivity contribution in [3.63, 3.8) is 0 Å². The lowest BCUT2D eigenvalue weighted by Gasteiger charge is -2.10. The smallest absolute Gasteiger partial charge is 0.160 e. The maximum Gasteiger partial charge on any atom is 0.160 e. The topological polar surface area (TPSA) is 35.0 Å². The molecule has 3 aromatic carbocycles. The van der Waals surface area contributed by atoms with Crippen LogP contribution in [-0.4, -0.2) is 17.1 Å². The Morgan fingerprint density at radius 1 is 0.630 bits per heavy atom. The lowest BCUT2D eigenvalue weighted by Crippen LogP contribution is -1.96. The van der Waals surface area contributed by atoms with Gasteiger partial charge in [0.2, 0.25) is 0 Å². The molecule has 0 aliphatic carbocycles. The molecule has 0 aliphatic heterocycles. The number of aromatic nitrogens is 2. The number of aryl methyl sites for hydroxylation is 1. The number of rotatable bonds is 4. The first-order chi connectivity index (χ1) is 13.2. The predicted octanol–water partition coefficient (Wildman–Crippen LogP) is 5.79. The molecule has 0 aliphatic rings. The molecule has 0 amide bonds. The third-order valence-electron chi connectivity index (χ3n) is 4.49. The molecule has 4 aromatic rings. The highest BCUT2D eigenvalue weighted by Crippen LogP contribution is 2.28. The van der Waals surface area contributed by atoms with Crippen LogP contribution in [0.2, 0.25) is 0 Å². The minimum absolute atomic E-state index is 0.722. The molecule has 4 rings (SSSR count). The average molecular weight is 352 g/mol. The minimum atomic E-state index is 0.722. The van der Waals surface area contributed by atoms with Crippen molar-refractivity contribution in [3.05, 3.63) is 90.5 Å². The maximum absolute atomic E-state index is 5.27. The normalized spacial score (nSPS) is 10.6. The van der Waals surface area contributed by atoms with Gasteiger partial charge in [-0.2, -0.15) is 0 Å². The molecule has 3 nitrogen and oxygen atoms in total. The van der Waals surface area contributed by atoms with Gasteiger partial charge in [-0.3, -0.25) is 0 Å². The first-order valence-corrected chi connectivity index (χ1v) is 8.89. The SMILES string of the molecule is COc1ccc(-c2cc(-c3ccc(C)cc3)nc(-c3ccccc3)n2)cc1. The van der Waals surface area contributed by atoms with Crippen molar-refractivity contribution in [2.24, 2.45) is 0 Å². The van der Waals surface area contributed by atoms with E-state index in [2.05, 4.69) is 31.2 Å². The van der Waals surface area contributed by atoms with Crippen LogP contribution in [0.1, 0.15) is 5.56 Å². The molecule has 3 heteroatoms. The van der Waals surface area contributed by atoms with Crippen LogP contribution in [0.15, 0.2) is 84.9 Å². The lowest BCUT2D eigenvalue weighted by atomic mass is 10.1. The van der Waals surface area contributed by atoms with Crippen LogP contribution in [0, 0.1) is 6.92 Å². The number of hydrogen-bond acceptors (Lipinski definition) is 3. The van der Waals surface area contributed by atoms with Crippen LogP contribution in [0.5, 0.6) is 5.75 Å². The van der Waals surface area contributed by atoms with Gasteiger partial charge in [-0.05, 0) is 37.3 Å². The van der Waals surface area contributed by atoms with Crippen molar-refractivity contribution < 1.29 is 4.74 Å². The number of benzene rings is 3. The van der Waals surface area contributed by atoms with E-state index in [1.807, 2.05) is 60.7 Å². The molecule has 0 saturated carbocycles. The Hall–Kier alpha value is -3.46. The average Bonchev–Trinajstić information content (AvgIpc) is 2.74. The Balaban J connectivity index is 1.87. The van der Waals surface area contributed by atoms with Crippen molar-refractivity contribution >= 4 is 0 Å². The van der Waals surface area contributed by atoms with Crippen molar-refractivity contribution in [3.8, 4) is 39.7 Å². The molecular weight excluding hydrogens is 332 g/mol. The van der Waals surface area contributed by atoms with Crippen LogP contribution < -0.4 is 4.74 Å². The van der Waals surface area contributed by atoms with Crippen LogP contribution in [-0.2, 0) is 0 Å². The van der Waals surface area contributed by atoms with Gasteiger partial charge in [0.25, 0.3) is 0 Å². The summed E-state index contributed by atoms with van der Waals surface area (Å²) in [4.78, 5) is 9.65. The third kappa shape index (κ3) is 3.72.